The highest BCUT2D eigenvalue weighted by Crippen LogP contribution is 2.23. The van der Waals surface area contributed by atoms with Crippen LogP contribution < -0.4 is 0 Å². The van der Waals surface area contributed by atoms with Gasteiger partial charge in [-0.05, 0) is 36.4 Å². The highest BCUT2D eigenvalue weighted by Gasteiger charge is 2.08. The van der Waals surface area contributed by atoms with Crippen molar-refractivity contribution in [2.45, 2.75) is 15.5 Å². The lowest BCUT2D eigenvalue weighted by molar-refractivity contribution is 0.0690. The van der Waals surface area contributed by atoms with Crippen molar-refractivity contribution in [1.29, 1.82) is 0 Å². The molecule has 1 heterocycles. The van der Waals surface area contributed by atoms with Crippen molar-refractivity contribution in [3.63, 3.8) is 0 Å². The van der Waals surface area contributed by atoms with Crippen LogP contribution in [0.4, 0.5) is 0 Å². The van der Waals surface area contributed by atoms with Crippen molar-refractivity contribution < 1.29 is 18.3 Å². The molecule has 0 bridgehead atoms. The van der Waals surface area contributed by atoms with E-state index in [1.54, 1.807) is 36.4 Å². The van der Waals surface area contributed by atoms with E-state index in [0.717, 1.165) is 11.2 Å². The van der Waals surface area contributed by atoms with E-state index < -0.39 is 15.8 Å². The topological polar surface area (TPSA) is 84.3 Å². The Morgan fingerprint density at radius 3 is 2.43 bits per heavy atom. The summed E-state index contributed by atoms with van der Waals surface area (Å²) in [5.74, 6) is -0.543. The van der Waals surface area contributed by atoms with Gasteiger partial charge in [0.05, 0.1) is 10.6 Å². The Morgan fingerprint density at radius 1 is 1.19 bits per heavy atom. The molecule has 2 rings (SSSR count). The predicted molar refractivity (Wildman–Crippen MR) is 80.3 cm³/mol. The maximum Gasteiger partial charge on any atom is 0.354 e. The predicted octanol–water partition coefficient (Wildman–Crippen LogP) is 2.48. The van der Waals surface area contributed by atoms with E-state index in [2.05, 4.69) is 4.98 Å². The van der Waals surface area contributed by atoms with Crippen LogP contribution in [0.3, 0.4) is 0 Å². The van der Waals surface area contributed by atoms with E-state index in [9.17, 15) is 13.2 Å². The van der Waals surface area contributed by atoms with Crippen molar-refractivity contribution in [3.8, 4) is 0 Å². The zero-order valence-electron chi connectivity index (χ0n) is 11.2. The van der Waals surface area contributed by atoms with Crippen LogP contribution >= 0.6 is 11.8 Å². The molecule has 1 aromatic carbocycles. The first-order valence-electron chi connectivity index (χ1n) is 5.98. The third kappa shape index (κ3) is 4.30. The zero-order chi connectivity index (χ0) is 15.5. The second-order valence-corrected chi connectivity index (χ2v) is 7.42. The normalized spacial score (nSPS) is 11.3. The van der Waals surface area contributed by atoms with Crippen molar-refractivity contribution >= 4 is 27.6 Å². The number of thioether (sulfide) groups is 1. The number of hydrogen-bond acceptors (Lipinski definition) is 5. The first kappa shape index (κ1) is 15.5. The number of carboxylic acid groups (broad SMARTS) is 1. The quantitative estimate of drug-likeness (QED) is 0.851. The van der Waals surface area contributed by atoms with Gasteiger partial charge in [-0.3, -0.25) is 0 Å². The molecular weight excluding hydrogens is 310 g/mol. The highest BCUT2D eigenvalue weighted by atomic mass is 32.2. The van der Waals surface area contributed by atoms with Crippen LogP contribution in [-0.2, 0) is 15.6 Å². The van der Waals surface area contributed by atoms with Gasteiger partial charge in [-0.2, -0.15) is 0 Å². The molecule has 5 nitrogen and oxygen atoms in total. The van der Waals surface area contributed by atoms with Crippen molar-refractivity contribution in [2.75, 3.05) is 6.26 Å². The van der Waals surface area contributed by atoms with Gasteiger partial charge < -0.3 is 5.11 Å². The third-order valence-corrected chi connectivity index (χ3v) is 4.84. The molecule has 110 valence electrons. The lowest BCUT2D eigenvalue weighted by atomic mass is 10.3. The van der Waals surface area contributed by atoms with E-state index in [-0.39, 0.29) is 10.6 Å². The van der Waals surface area contributed by atoms with Crippen LogP contribution in [0.15, 0.2) is 52.3 Å². The van der Waals surface area contributed by atoms with Gasteiger partial charge in [0.15, 0.2) is 9.84 Å². The molecule has 0 aliphatic carbocycles. The minimum absolute atomic E-state index is 0.0144. The number of carboxylic acids is 1. The first-order chi connectivity index (χ1) is 9.86. The summed E-state index contributed by atoms with van der Waals surface area (Å²) in [7, 11) is -3.19. The summed E-state index contributed by atoms with van der Waals surface area (Å²) in [4.78, 5) is 16.0. The maximum absolute atomic E-state index is 11.4. The number of aromatic carboxylic acids is 1. The molecule has 0 aliphatic heterocycles. The number of benzene rings is 1. The smallest absolute Gasteiger partial charge is 0.354 e. The molecule has 0 radical (unpaired) electrons. The molecule has 1 N–H and O–H groups in total. The van der Waals surface area contributed by atoms with Crippen molar-refractivity contribution in [1.82, 2.24) is 4.98 Å². The van der Waals surface area contributed by atoms with Crippen LogP contribution in [0.25, 0.3) is 0 Å². The van der Waals surface area contributed by atoms with E-state index in [4.69, 9.17) is 5.11 Å². The SMILES string of the molecule is CS(=O)(=O)c1ccc(SCc2cccc(C(=O)O)n2)cc1. The number of nitrogens with zero attached hydrogens (tertiary/aromatic N) is 1. The van der Waals surface area contributed by atoms with Gasteiger partial charge in [-0.1, -0.05) is 6.07 Å². The zero-order valence-corrected chi connectivity index (χ0v) is 12.8. The van der Waals surface area contributed by atoms with E-state index in [1.807, 2.05) is 0 Å². The summed E-state index contributed by atoms with van der Waals surface area (Å²) in [5.41, 5.74) is 0.674. The Morgan fingerprint density at radius 2 is 1.86 bits per heavy atom. The summed E-state index contributed by atoms with van der Waals surface area (Å²) in [6.45, 7) is 0. The first-order valence-corrected chi connectivity index (χ1v) is 8.86. The second-order valence-electron chi connectivity index (χ2n) is 4.35. The number of rotatable bonds is 5. The third-order valence-electron chi connectivity index (χ3n) is 2.66. The van der Waals surface area contributed by atoms with Gasteiger partial charge in [-0.15, -0.1) is 11.8 Å². The molecule has 0 saturated carbocycles. The Kier molecular flexibility index (Phi) is 4.64. The molecule has 0 spiro atoms. The maximum atomic E-state index is 11.4. The van der Waals surface area contributed by atoms with E-state index in [0.29, 0.717) is 11.4 Å². The Bertz CT molecular complexity index is 755. The molecule has 0 atom stereocenters. The van der Waals surface area contributed by atoms with Crippen LogP contribution in [-0.4, -0.2) is 30.7 Å². The fourth-order valence-electron chi connectivity index (χ4n) is 1.62. The molecule has 0 unspecified atom stereocenters. The number of carbonyl (C=O) groups is 1. The number of pyridine rings is 1. The van der Waals surface area contributed by atoms with Crippen LogP contribution in [0.1, 0.15) is 16.2 Å². The van der Waals surface area contributed by atoms with Gasteiger partial charge in [0.1, 0.15) is 5.69 Å². The largest absolute Gasteiger partial charge is 0.477 e. The Hall–Kier alpha value is -1.86. The number of hydrogen-bond donors (Lipinski definition) is 1. The van der Waals surface area contributed by atoms with E-state index >= 15 is 0 Å². The summed E-state index contributed by atoms with van der Waals surface area (Å²) in [6, 6.07) is 11.4. The lowest BCUT2D eigenvalue weighted by Gasteiger charge is -2.04. The minimum Gasteiger partial charge on any atom is -0.477 e. The van der Waals surface area contributed by atoms with Crippen LogP contribution in [0, 0.1) is 0 Å². The van der Waals surface area contributed by atoms with Gasteiger partial charge in [0, 0.05) is 16.9 Å². The minimum atomic E-state index is -3.19. The average Bonchev–Trinajstić information content (AvgIpc) is 2.45. The van der Waals surface area contributed by atoms with Crippen molar-refractivity contribution in [2.24, 2.45) is 0 Å². The molecule has 21 heavy (non-hydrogen) atoms. The Balaban J connectivity index is 2.06. The molecule has 0 saturated heterocycles. The molecule has 0 aliphatic rings. The molecule has 1 aromatic heterocycles. The van der Waals surface area contributed by atoms with Crippen LogP contribution in [0.2, 0.25) is 0 Å². The standard InChI is InChI=1S/C14H13NO4S2/c1-21(18,19)12-7-5-11(6-8-12)20-9-10-3-2-4-13(15-10)14(16)17/h2-8H,9H2,1H3,(H,16,17). The van der Waals surface area contributed by atoms with E-state index in [1.165, 1.54) is 17.8 Å². The number of sulfone groups is 1. The highest BCUT2D eigenvalue weighted by molar-refractivity contribution is 7.98. The lowest BCUT2D eigenvalue weighted by Crippen LogP contribution is -2.01. The summed E-state index contributed by atoms with van der Waals surface area (Å²) in [6.07, 6.45) is 1.16. The summed E-state index contributed by atoms with van der Waals surface area (Å²) in [5, 5.41) is 8.88. The summed E-state index contributed by atoms with van der Waals surface area (Å²) >= 11 is 1.46. The van der Waals surface area contributed by atoms with Gasteiger partial charge in [0.2, 0.25) is 0 Å². The molecular formula is C14H13NO4S2. The molecule has 7 heteroatoms. The second kappa shape index (κ2) is 6.28. The monoisotopic (exact) mass is 323 g/mol. The Labute approximate surface area is 127 Å². The van der Waals surface area contributed by atoms with Crippen molar-refractivity contribution in [3.05, 3.63) is 53.9 Å². The molecule has 0 fully saturated rings. The van der Waals surface area contributed by atoms with Gasteiger partial charge in [-0.25, -0.2) is 18.2 Å². The van der Waals surface area contributed by atoms with Gasteiger partial charge >= 0.3 is 5.97 Å². The fourth-order valence-corrected chi connectivity index (χ4v) is 3.05. The summed E-state index contributed by atoms with van der Waals surface area (Å²) < 4.78 is 22.7. The molecule has 2 aromatic rings. The van der Waals surface area contributed by atoms with Gasteiger partial charge in [0.25, 0.3) is 0 Å². The average molecular weight is 323 g/mol. The molecule has 0 amide bonds. The number of aromatic nitrogens is 1. The fraction of sp³-hybridized carbons (Fsp3) is 0.143. The van der Waals surface area contributed by atoms with Crippen LogP contribution in [0.5, 0.6) is 0 Å².